The Hall–Kier alpha value is -0.990. The molecule has 0 atom stereocenters. The highest BCUT2D eigenvalue weighted by Gasteiger charge is 2.22. The summed E-state index contributed by atoms with van der Waals surface area (Å²) in [5, 5.41) is 0. The molecule has 78 valence electrons. The van der Waals surface area contributed by atoms with E-state index in [4.69, 9.17) is 10.2 Å². The molecule has 0 bridgehead atoms. The Morgan fingerprint density at radius 1 is 1.36 bits per heavy atom. The SMILES string of the molecule is CCc1oc(N)nc1C1CCCCC1. The van der Waals surface area contributed by atoms with Crippen molar-refractivity contribution in [1.29, 1.82) is 0 Å². The van der Waals surface area contributed by atoms with Crippen molar-refractivity contribution in [3.05, 3.63) is 11.5 Å². The number of nitrogens with zero attached hydrogens (tertiary/aromatic N) is 1. The van der Waals surface area contributed by atoms with Crippen LogP contribution in [0.5, 0.6) is 0 Å². The lowest BCUT2D eigenvalue weighted by Gasteiger charge is -2.19. The van der Waals surface area contributed by atoms with Gasteiger partial charge in [-0.05, 0) is 12.8 Å². The molecule has 0 amide bonds. The van der Waals surface area contributed by atoms with Gasteiger partial charge in [0.1, 0.15) is 5.76 Å². The molecule has 14 heavy (non-hydrogen) atoms. The Morgan fingerprint density at radius 2 is 2.07 bits per heavy atom. The summed E-state index contributed by atoms with van der Waals surface area (Å²) in [7, 11) is 0. The zero-order valence-corrected chi connectivity index (χ0v) is 8.75. The highest BCUT2D eigenvalue weighted by atomic mass is 16.4. The Kier molecular flexibility index (Phi) is 2.75. The van der Waals surface area contributed by atoms with Crippen molar-refractivity contribution in [3.8, 4) is 0 Å². The quantitative estimate of drug-likeness (QED) is 0.787. The number of hydrogen-bond acceptors (Lipinski definition) is 3. The van der Waals surface area contributed by atoms with Crippen molar-refractivity contribution in [3.63, 3.8) is 0 Å². The maximum atomic E-state index is 5.58. The Morgan fingerprint density at radius 3 is 2.71 bits per heavy atom. The zero-order valence-electron chi connectivity index (χ0n) is 8.75. The average Bonchev–Trinajstić information content (AvgIpc) is 2.61. The predicted molar refractivity (Wildman–Crippen MR) is 56.1 cm³/mol. The summed E-state index contributed by atoms with van der Waals surface area (Å²) in [6, 6.07) is 0.336. The van der Waals surface area contributed by atoms with Gasteiger partial charge >= 0.3 is 0 Å². The minimum Gasteiger partial charge on any atom is -0.429 e. The number of aryl methyl sites for hydroxylation is 1. The van der Waals surface area contributed by atoms with Crippen LogP contribution in [0, 0.1) is 0 Å². The first-order valence-electron chi connectivity index (χ1n) is 5.56. The van der Waals surface area contributed by atoms with Crippen LogP contribution < -0.4 is 5.73 Å². The van der Waals surface area contributed by atoms with Gasteiger partial charge < -0.3 is 10.2 Å². The molecule has 3 nitrogen and oxygen atoms in total. The lowest BCUT2D eigenvalue weighted by Crippen LogP contribution is -2.07. The zero-order chi connectivity index (χ0) is 9.97. The van der Waals surface area contributed by atoms with Gasteiger partial charge in [-0.2, -0.15) is 4.98 Å². The van der Waals surface area contributed by atoms with Crippen LogP contribution in [-0.4, -0.2) is 4.98 Å². The first-order chi connectivity index (χ1) is 6.81. The molecule has 1 saturated carbocycles. The highest BCUT2D eigenvalue weighted by molar-refractivity contribution is 5.23. The van der Waals surface area contributed by atoms with Gasteiger partial charge in [0.15, 0.2) is 0 Å². The fourth-order valence-electron chi connectivity index (χ4n) is 2.33. The van der Waals surface area contributed by atoms with E-state index in [1.807, 2.05) is 0 Å². The van der Waals surface area contributed by atoms with E-state index in [-0.39, 0.29) is 0 Å². The van der Waals surface area contributed by atoms with Gasteiger partial charge in [0.25, 0.3) is 6.01 Å². The largest absolute Gasteiger partial charge is 0.429 e. The molecule has 0 spiro atoms. The molecule has 0 aromatic carbocycles. The van der Waals surface area contributed by atoms with Crippen molar-refractivity contribution in [2.24, 2.45) is 0 Å². The maximum absolute atomic E-state index is 5.58. The average molecular weight is 194 g/mol. The van der Waals surface area contributed by atoms with Crippen LogP contribution in [0.2, 0.25) is 0 Å². The third-order valence-electron chi connectivity index (χ3n) is 3.06. The second kappa shape index (κ2) is 4.03. The number of rotatable bonds is 2. The molecule has 0 saturated heterocycles. The van der Waals surface area contributed by atoms with Crippen molar-refractivity contribution in [1.82, 2.24) is 4.98 Å². The maximum Gasteiger partial charge on any atom is 0.292 e. The molecule has 1 aliphatic carbocycles. The molecule has 3 heteroatoms. The van der Waals surface area contributed by atoms with Crippen LogP contribution in [0.4, 0.5) is 6.01 Å². The van der Waals surface area contributed by atoms with Gasteiger partial charge in [-0.15, -0.1) is 0 Å². The molecule has 0 radical (unpaired) electrons. The number of hydrogen-bond donors (Lipinski definition) is 1. The second-order valence-electron chi connectivity index (χ2n) is 4.05. The number of anilines is 1. The second-order valence-corrected chi connectivity index (χ2v) is 4.05. The Labute approximate surface area is 84.7 Å². The van der Waals surface area contributed by atoms with Crippen LogP contribution >= 0.6 is 0 Å². The summed E-state index contributed by atoms with van der Waals surface area (Å²) in [5.74, 6) is 1.59. The fourth-order valence-corrected chi connectivity index (χ4v) is 2.33. The fraction of sp³-hybridized carbons (Fsp3) is 0.727. The molecular formula is C11H18N2O. The predicted octanol–water partition coefficient (Wildman–Crippen LogP) is 2.87. The number of aromatic nitrogens is 1. The smallest absolute Gasteiger partial charge is 0.292 e. The van der Waals surface area contributed by atoms with Gasteiger partial charge in [-0.1, -0.05) is 26.2 Å². The first-order valence-corrected chi connectivity index (χ1v) is 5.56. The van der Waals surface area contributed by atoms with E-state index in [1.165, 1.54) is 32.1 Å². The third-order valence-corrected chi connectivity index (χ3v) is 3.06. The van der Waals surface area contributed by atoms with Crippen LogP contribution in [0.3, 0.4) is 0 Å². The summed E-state index contributed by atoms with van der Waals surface area (Å²) in [6.45, 7) is 2.09. The molecule has 1 aromatic heterocycles. The minimum atomic E-state index is 0.336. The van der Waals surface area contributed by atoms with Gasteiger partial charge in [0.2, 0.25) is 0 Å². The summed E-state index contributed by atoms with van der Waals surface area (Å²) < 4.78 is 5.38. The lowest BCUT2D eigenvalue weighted by atomic mass is 9.86. The molecule has 1 fully saturated rings. The summed E-state index contributed by atoms with van der Waals surface area (Å²) in [6.07, 6.45) is 7.40. The molecule has 0 unspecified atom stereocenters. The standard InChI is InChI=1S/C11H18N2O/c1-2-9-10(13-11(12)14-9)8-6-4-3-5-7-8/h8H,2-7H2,1H3,(H2,12,13). The molecule has 0 aliphatic heterocycles. The third kappa shape index (κ3) is 1.76. The van der Waals surface area contributed by atoms with Gasteiger partial charge in [-0.3, -0.25) is 0 Å². The minimum absolute atomic E-state index is 0.336. The van der Waals surface area contributed by atoms with E-state index in [1.54, 1.807) is 0 Å². The Balaban J connectivity index is 2.20. The Bertz CT molecular complexity index is 300. The molecule has 1 heterocycles. The van der Waals surface area contributed by atoms with E-state index in [2.05, 4.69) is 11.9 Å². The van der Waals surface area contributed by atoms with Crippen molar-refractivity contribution >= 4 is 6.01 Å². The number of nitrogens with two attached hydrogens (primary N) is 1. The van der Waals surface area contributed by atoms with Crippen molar-refractivity contribution < 1.29 is 4.42 Å². The van der Waals surface area contributed by atoms with E-state index in [0.717, 1.165) is 17.9 Å². The number of nitrogen functional groups attached to an aromatic ring is 1. The van der Waals surface area contributed by atoms with Crippen molar-refractivity contribution in [2.75, 3.05) is 5.73 Å². The summed E-state index contributed by atoms with van der Waals surface area (Å²) >= 11 is 0. The van der Waals surface area contributed by atoms with Gasteiger partial charge in [-0.25, -0.2) is 0 Å². The molecule has 1 aliphatic rings. The van der Waals surface area contributed by atoms with Crippen LogP contribution in [-0.2, 0) is 6.42 Å². The van der Waals surface area contributed by atoms with Crippen LogP contribution in [0.25, 0.3) is 0 Å². The molecule has 2 N–H and O–H groups in total. The summed E-state index contributed by atoms with van der Waals surface area (Å²) in [4.78, 5) is 4.32. The monoisotopic (exact) mass is 194 g/mol. The topological polar surface area (TPSA) is 52.0 Å². The van der Waals surface area contributed by atoms with Gasteiger partial charge in [0.05, 0.1) is 5.69 Å². The summed E-state index contributed by atoms with van der Waals surface area (Å²) in [5.41, 5.74) is 6.71. The first kappa shape index (κ1) is 9.56. The molecular weight excluding hydrogens is 176 g/mol. The van der Waals surface area contributed by atoms with E-state index >= 15 is 0 Å². The highest BCUT2D eigenvalue weighted by Crippen LogP contribution is 2.34. The lowest BCUT2D eigenvalue weighted by molar-refractivity contribution is 0.428. The molecule has 2 rings (SSSR count). The normalized spacial score (nSPS) is 18.6. The van der Waals surface area contributed by atoms with Crippen LogP contribution in [0.1, 0.15) is 56.4 Å². The van der Waals surface area contributed by atoms with E-state index in [9.17, 15) is 0 Å². The molecule has 1 aromatic rings. The van der Waals surface area contributed by atoms with Crippen LogP contribution in [0.15, 0.2) is 4.42 Å². The van der Waals surface area contributed by atoms with E-state index < -0.39 is 0 Å². The van der Waals surface area contributed by atoms with Crippen molar-refractivity contribution in [2.45, 2.75) is 51.4 Å². The number of oxazole rings is 1. The van der Waals surface area contributed by atoms with E-state index in [0.29, 0.717) is 11.9 Å². The van der Waals surface area contributed by atoms with Gasteiger partial charge in [0, 0.05) is 12.3 Å².